The molecule has 0 unspecified atom stereocenters. The van der Waals surface area contributed by atoms with Crippen LogP contribution in [0.2, 0.25) is 0 Å². The average molecular weight is 297 g/mol. The molecule has 0 saturated carbocycles. The minimum Gasteiger partial charge on any atom is -0.485 e. The van der Waals surface area contributed by atoms with E-state index in [1.54, 1.807) is 25.3 Å². The lowest BCUT2D eigenvalue weighted by Crippen LogP contribution is -2.36. The van der Waals surface area contributed by atoms with Crippen LogP contribution in [0.3, 0.4) is 0 Å². The fraction of sp³-hybridized carbons (Fsp3) is 0.188. The number of amides is 1. The van der Waals surface area contributed by atoms with E-state index in [2.05, 4.69) is 15.5 Å². The molecule has 0 fully saturated rings. The molecule has 0 saturated heterocycles. The van der Waals surface area contributed by atoms with E-state index in [0.29, 0.717) is 29.4 Å². The Balaban J connectivity index is 1.65. The number of carbonyl (C=O) groups excluding carboxylic acids is 1. The third kappa shape index (κ3) is 3.06. The second-order valence-electron chi connectivity index (χ2n) is 4.80. The molecule has 1 N–H and O–H groups in total. The van der Waals surface area contributed by atoms with Gasteiger partial charge in [-0.15, -0.1) is 0 Å². The van der Waals surface area contributed by atoms with Crippen molar-refractivity contribution in [3.8, 4) is 11.5 Å². The normalized spacial score (nSPS) is 17.0. The molecule has 1 aliphatic heterocycles. The van der Waals surface area contributed by atoms with Gasteiger partial charge in [0.2, 0.25) is 0 Å². The molecule has 22 heavy (non-hydrogen) atoms. The highest BCUT2D eigenvalue weighted by atomic mass is 16.6. The van der Waals surface area contributed by atoms with E-state index in [9.17, 15) is 4.79 Å². The van der Waals surface area contributed by atoms with Gasteiger partial charge in [0.25, 0.3) is 5.91 Å². The lowest BCUT2D eigenvalue weighted by molar-refractivity contribution is 0.0952. The number of hydrazone groups is 1. The average Bonchev–Trinajstić information content (AvgIpc) is 2.59. The lowest BCUT2D eigenvalue weighted by Gasteiger charge is -2.26. The Labute approximate surface area is 127 Å². The van der Waals surface area contributed by atoms with Gasteiger partial charge in [-0.05, 0) is 31.2 Å². The summed E-state index contributed by atoms with van der Waals surface area (Å²) in [5.41, 5.74) is 3.57. The molecule has 0 radical (unpaired) electrons. The first-order chi connectivity index (χ1) is 10.7. The molecule has 1 atom stereocenters. The highest BCUT2D eigenvalue weighted by Gasteiger charge is 2.23. The first-order valence-corrected chi connectivity index (χ1v) is 6.87. The Kier molecular flexibility index (Phi) is 4.00. The summed E-state index contributed by atoms with van der Waals surface area (Å²) >= 11 is 0. The molecule has 1 aromatic heterocycles. The number of carbonyl (C=O) groups is 1. The van der Waals surface area contributed by atoms with Crippen LogP contribution in [0, 0.1) is 0 Å². The highest BCUT2D eigenvalue weighted by Crippen LogP contribution is 2.31. The third-order valence-electron chi connectivity index (χ3n) is 3.23. The Bertz CT molecular complexity index is 701. The van der Waals surface area contributed by atoms with Gasteiger partial charge in [-0.1, -0.05) is 12.1 Å². The summed E-state index contributed by atoms with van der Waals surface area (Å²) in [6.07, 6.45) is 2.76. The van der Waals surface area contributed by atoms with Crippen molar-refractivity contribution in [3.63, 3.8) is 0 Å². The van der Waals surface area contributed by atoms with Crippen molar-refractivity contribution < 1.29 is 14.3 Å². The predicted molar refractivity (Wildman–Crippen MR) is 81.2 cm³/mol. The topological polar surface area (TPSA) is 72.8 Å². The Morgan fingerprint density at radius 3 is 2.86 bits per heavy atom. The Morgan fingerprint density at radius 1 is 1.27 bits per heavy atom. The fourth-order valence-corrected chi connectivity index (χ4v) is 2.00. The summed E-state index contributed by atoms with van der Waals surface area (Å²) in [5, 5.41) is 4.08. The molecule has 2 heterocycles. The molecule has 6 nitrogen and oxygen atoms in total. The van der Waals surface area contributed by atoms with E-state index in [1.165, 1.54) is 6.20 Å². The zero-order valence-electron chi connectivity index (χ0n) is 12.0. The van der Waals surface area contributed by atoms with Crippen LogP contribution >= 0.6 is 0 Å². The maximum Gasteiger partial charge on any atom is 0.272 e. The van der Waals surface area contributed by atoms with E-state index < -0.39 is 0 Å². The van der Waals surface area contributed by atoms with E-state index in [1.807, 2.05) is 24.3 Å². The minimum atomic E-state index is -0.330. The van der Waals surface area contributed by atoms with Crippen molar-refractivity contribution in [2.75, 3.05) is 6.61 Å². The van der Waals surface area contributed by atoms with Crippen LogP contribution < -0.4 is 14.9 Å². The molecule has 3 rings (SSSR count). The van der Waals surface area contributed by atoms with Crippen molar-refractivity contribution in [1.29, 1.82) is 0 Å². The molecule has 6 heteroatoms. The number of nitrogens with zero attached hydrogens (tertiary/aromatic N) is 2. The van der Waals surface area contributed by atoms with Crippen LogP contribution in [-0.4, -0.2) is 29.3 Å². The van der Waals surface area contributed by atoms with Gasteiger partial charge in [0.05, 0.1) is 11.3 Å². The van der Waals surface area contributed by atoms with Crippen LogP contribution in [-0.2, 0) is 0 Å². The fourth-order valence-electron chi connectivity index (χ4n) is 2.00. The first kappa shape index (κ1) is 14.1. The zero-order chi connectivity index (χ0) is 15.4. The largest absolute Gasteiger partial charge is 0.485 e. The van der Waals surface area contributed by atoms with Gasteiger partial charge in [0.1, 0.15) is 6.61 Å². The summed E-state index contributed by atoms with van der Waals surface area (Å²) in [6, 6.07) is 10.8. The molecule has 1 amide bonds. The van der Waals surface area contributed by atoms with E-state index >= 15 is 0 Å². The third-order valence-corrected chi connectivity index (χ3v) is 3.23. The molecular weight excluding hydrogens is 282 g/mol. The van der Waals surface area contributed by atoms with Crippen LogP contribution in [0.25, 0.3) is 0 Å². The molecule has 1 aliphatic rings. The molecule has 0 spiro atoms. The first-order valence-electron chi connectivity index (χ1n) is 6.87. The Hall–Kier alpha value is -2.89. The van der Waals surface area contributed by atoms with Crippen molar-refractivity contribution in [2.45, 2.75) is 13.0 Å². The van der Waals surface area contributed by atoms with Crippen LogP contribution in [0.1, 0.15) is 17.3 Å². The SMILES string of the molecule is C/C(=N/NC(=O)c1cccnc1)[C@@H]1COc2ccccc2O1. The second-order valence-corrected chi connectivity index (χ2v) is 4.80. The number of benzene rings is 1. The number of para-hydroxylation sites is 2. The van der Waals surface area contributed by atoms with Crippen molar-refractivity contribution in [3.05, 3.63) is 54.4 Å². The predicted octanol–water partition coefficient (Wildman–Crippen LogP) is 2.03. The number of fused-ring (bicyclic) bond motifs is 1. The van der Waals surface area contributed by atoms with Gasteiger partial charge < -0.3 is 9.47 Å². The summed E-state index contributed by atoms with van der Waals surface area (Å²) in [4.78, 5) is 15.8. The number of pyridine rings is 1. The van der Waals surface area contributed by atoms with Gasteiger partial charge in [-0.25, -0.2) is 5.43 Å². The summed E-state index contributed by atoms with van der Waals surface area (Å²) in [6.45, 7) is 2.14. The van der Waals surface area contributed by atoms with Gasteiger partial charge >= 0.3 is 0 Å². The van der Waals surface area contributed by atoms with Gasteiger partial charge in [0, 0.05) is 12.4 Å². The number of hydrogen-bond donors (Lipinski definition) is 1. The number of ether oxygens (including phenoxy) is 2. The van der Waals surface area contributed by atoms with Crippen LogP contribution in [0.4, 0.5) is 0 Å². The van der Waals surface area contributed by atoms with Gasteiger partial charge in [-0.2, -0.15) is 5.10 Å². The molecule has 1 aromatic carbocycles. The zero-order valence-corrected chi connectivity index (χ0v) is 12.0. The Morgan fingerprint density at radius 2 is 2.09 bits per heavy atom. The summed E-state index contributed by atoms with van der Waals surface area (Å²) in [7, 11) is 0. The maximum atomic E-state index is 11.9. The molecule has 112 valence electrons. The standard InChI is InChI=1S/C16H15N3O3/c1-11(18-19-16(20)12-5-4-8-17-9-12)15-10-21-13-6-2-3-7-14(13)22-15/h2-9,15H,10H2,1H3,(H,19,20)/b18-11-/t15-/m0/s1. The number of hydrogen-bond acceptors (Lipinski definition) is 5. The number of nitrogens with one attached hydrogen (secondary N) is 1. The minimum absolute atomic E-state index is 0.315. The summed E-state index contributed by atoms with van der Waals surface area (Å²) in [5.74, 6) is 1.07. The molecule has 2 aromatic rings. The molecule has 0 bridgehead atoms. The smallest absolute Gasteiger partial charge is 0.272 e. The van der Waals surface area contributed by atoms with Crippen molar-refractivity contribution in [2.24, 2.45) is 5.10 Å². The number of aromatic nitrogens is 1. The second kappa shape index (κ2) is 6.26. The monoisotopic (exact) mass is 297 g/mol. The quantitative estimate of drug-likeness (QED) is 0.695. The van der Waals surface area contributed by atoms with E-state index in [4.69, 9.17) is 9.47 Å². The van der Waals surface area contributed by atoms with Gasteiger partial charge in [-0.3, -0.25) is 9.78 Å². The highest BCUT2D eigenvalue weighted by molar-refractivity contribution is 5.95. The van der Waals surface area contributed by atoms with Crippen LogP contribution in [0.15, 0.2) is 53.9 Å². The molecular formula is C16H15N3O3. The van der Waals surface area contributed by atoms with Gasteiger partial charge in [0.15, 0.2) is 17.6 Å². The number of rotatable bonds is 3. The van der Waals surface area contributed by atoms with Crippen molar-refractivity contribution in [1.82, 2.24) is 10.4 Å². The van der Waals surface area contributed by atoms with E-state index in [0.717, 1.165) is 0 Å². The van der Waals surface area contributed by atoms with Crippen molar-refractivity contribution >= 4 is 11.6 Å². The maximum absolute atomic E-state index is 11.9. The van der Waals surface area contributed by atoms with E-state index in [-0.39, 0.29) is 12.0 Å². The molecule has 0 aliphatic carbocycles. The van der Waals surface area contributed by atoms with Crippen LogP contribution in [0.5, 0.6) is 11.5 Å². The lowest BCUT2D eigenvalue weighted by atomic mass is 10.2. The summed E-state index contributed by atoms with van der Waals surface area (Å²) < 4.78 is 11.4.